The van der Waals surface area contributed by atoms with Gasteiger partial charge in [-0.05, 0) is 146 Å². The molecule has 3 heterocycles. The average Bonchev–Trinajstić information content (AvgIpc) is 3.28. The SMILES string of the molecule is C1=CC2C=Cc3c(-c4ccc5c(c4)c4c(c6cc(-c7ccc(-c8nc9ccccc9c9c8CCC8=C9CCC=C8)cc7)ccc65)CCC=C4)ccnc3C2N=C1. The molecule has 2 aromatic heterocycles. The minimum Gasteiger partial charge on any atom is -0.282 e. The molecule has 5 aromatic carbocycles. The molecule has 56 heavy (non-hydrogen) atoms. The van der Waals surface area contributed by atoms with E-state index in [0.29, 0.717) is 0 Å². The predicted molar refractivity (Wildman–Crippen MR) is 235 cm³/mol. The molecule has 4 aliphatic carbocycles. The molecular formula is C53H39N3. The monoisotopic (exact) mass is 717 g/mol. The Bertz CT molecular complexity index is 3020. The van der Waals surface area contributed by atoms with Crippen LogP contribution in [0.15, 0.2) is 144 Å². The van der Waals surface area contributed by atoms with E-state index in [0.717, 1.165) is 55.4 Å². The summed E-state index contributed by atoms with van der Waals surface area (Å²) in [6, 6.07) is 34.3. The second-order valence-electron chi connectivity index (χ2n) is 15.9. The molecule has 1 aliphatic heterocycles. The number of benzene rings is 5. The van der Waals surface area contributed by atoms with E-state index in [-0.39, 0.29) is 12.0 Å². The highest BCUT2D eigenvalue weighted by molar-refractivity contribution is 6.15. The van der Waals surface area contributed by atoms with Crippen molar-refractivity contribution in [2.24, 2.45) is 10.9 Å². The number of allylic oxidation sites excluding steroid dienone is 6. The normalized spacial score (nSPS) is 18.9. The minimum atomic E-state index is 0.0478. The average molecular weight is 718 g/mol. The van der Waals surface area contributed by atoms with Crippen LogP contribution in [0.1, 0.15) is 65.2 Å². The number of dihydropyridines is 1. The van der Waals surface area contributed by atoms with Crippen LogP contribution in [0.3, 0.4) is 0 Å². The third-order valence-electron chi connectivity index (χ3n) is 12.9. The summed E-state index contributed by atoms with van der Waals surface area (Å²) in [7, 11) is 0. The summed E-state index contributed by atoms with van der Waals surface area (Å²) in [6.07, 6.45) is 28.5. The maximum absolute atomic E-state index is 5.32. The van der Waals surface area contributed by atoms with Gasteiger partial charge in [0, 0.05) is 34.8 Å². The molecular weight excluding hydrogens is 679 g/mol. The fourth-order valence-corrected chi connectivity index (χ4v) is 10.3. The van der Waals surface area contributed by atoms with Gasteiger partial charge in [-0.1, -0.05) is 109 Å². The first-order valence-electron chi connectivity index (χ1n) is 20.2. The van der Waals surface area contributed by atoms with Gasteiger partial charge >= 0.3 is 0 Å². The first kappa shape index (κ1) is 31.9. The Morgan fingerprint density at radius 1 is 0.571 bits per heavy atom. The van der Waals surface area contributed by atoms with Gasteiger partial charge in [0.2, 0.25) is 0 Å². The van der Waals surface area contributed by atoms with Crippen LogP contribution >= 0.6 is 0 Å². The lowest BCUT2D eigenvalue weighted by Gasteiger charge is -2.27. The maximum Gasteiger partial charge on any atom is 0.102 e. The van der Waals surface area contributed by atoms with Crippen LogP contribution in [-0.2, 0) is 12.8 Å². The predicted octanol–water partition coefficient (Wildman–Crippen LogP) is 13.3. The molecule has 0 saturated carbocycles. The van der Waals surface area contributed by atoms with E-state index in [2.05, 4.69) is 134 Å². The Morgan fingerprint density at radius 2 is 1.38 bits per heavy atom. The van der Waals surface area contributed by atoms with Gasteiger partial charge in [0.1, 0.15) is 6.04 Å². The fraction of sp³-hybridized carbons (Fsp3) is 0.151. The van der Waals surface area contributed by atoms with Gasteiger partial charge in [-0.3, -0.25) is 9.98 Å². The summed E-state index contributed by atoms with van der Waals surface area (Å²) in [5.74, 6) is 0.269. The smallest absolute Gasteiger partial charge is 0.102 e. The number of fused-ring (bicyclic) bond motifs is 13. The molecule has 2 unspecified atom stereocenters. The molecule has 3 nitrogen and oxygen atoms in total. The molecule has 0 saturated heterocycles. The first-order chi connectivity index (χ1) is 27.8. The van der Waals surface area contributed by atoms with Crippen molar-refractivity contribution in [3.63, 3.8) is 0 Å². The van der Waals surface area contributed by atoms with Gasteiger partial charge in [0.05, 0.1) is 16.9 Å². The summed E-state index contributed by atoms with van der Waals surface area (Å²) < 4.78 is 0. The summed E-state index contributed by atoms with van der Waals surface area (Å²) in [5.41, 5.74) is 19.3. The van der Waals surface area contributed by atoms with Gasteiger partial charge in [-0.25, -0.2) is 4.98 Å². The van der Waals surface area contributed by atoms with E-state index >= 15 is 0 Å². The summed E-state index contributed by atoms with van der Waals surface area (Å²) in [4.78, 5) is 15.0. The molecule has 266 valence electrons. The van der Waals surface area contributed by atoms with Crippen molar-refractivity contribution in [2.75, 3.05) is 0 Å². The molecule has 2 atom stereocenters. The van der Waals surface area contributed by atoms with Crippen LogP contribution in [0.2, 0.25) is 0 Å². The zero-order chi connectivity index (χ0) is 36.7. The van der Waals surface area contributed by atoms with Crippen LogP contribution in [0.25, 0.3) is 83.7 Å². The topological polar surface area (TPSA) is 38.1 Å². The largest absolute Gasteiger partial charge is 0.282 e. The molecule has 3 heteroatoms. The Kier molecular flexibility index (Phi) is 7.14. The summed E-state index contributed by atoms with van der Waals surface area (Å²) in [5, 5.41) is 6.60. The number of rotatable bonds is 3. The molecule has 12 rings (SSSR count). The van der Waals surface area contributed by atoms with Crippen molar-refractivity contribution < 1.29 is 0 Å². The highest BCUT2D eigenvalue weighted by Gasteiger charge is 2.29. The molecule has 0 fully saturated rings. The van der Waals surface area contributed by atoms with Crippen molar-refractivity contribution in [1.82, 2.24) is 9.97 Å². The zero-order valence-electron chi connectivity index (χ0n) is 31.2. The summed E-state index contributed by atoms with van der Waals surface area (Å²) >= 11 is 0. The van der Waals surface area contributed by atoms with E-state index in [4.69, 9.17) is 15.0 Å². The fourth-order valence-electron chi connectivity index (χ4n) is 10.3. The number of nitrogens with zero attached hydrogens (tertiary/aromatic N) is 3. The standard InChI is InChI=1S/C53H39N3/c1-2-10-39-33(8-1)19-26-46-50(39)45-13-5-6-14-49(45)56-51(46)35-17-15-32(16-18-35)36-21-23-42-43-24-22-37(31-48(43)41-12-4-3-11-40(41)47(42)30-36)38-27-29-55-53-44(38)25-20-34-9-7-28-54-52(34)53/h1,4-9,12-18,20-25,27-31,34,52H,2-3,10-11,19,26H2. The molecule has 0 radical (unpaired) electrons. The van der Waals surface area contributed by atoms with Gasteiger partial charge in [0.25, 0.3) is 0 Å². The molecule has 0 bridgehead atoms. The van der Waals surface area contributed by atoms with E-state index in [1.807, 2.05) is 18.5 Å². The van der Waals surface area contributed by atoms with Gasteiger partial charge in [-0.15, -0.1) is 0 Å². The van der Waals surface area contributed by atoms with Crippen LogP contribution in [-0.4, -0.2) is 16.2 Å². The maximum atomic E-state index is 5.32. The number of hydrogen-bond donors (Lipinski definition) is 0. The van der Waals surface area contributed by atoms with E-state index in [9.17, 15) is 0 Å². The lowest BCUT2D eigenvalue weighted by Crippen LogP contribution is -2.16. The third kappa shape index (κ3) is 4.86. The van der Waals surface area contributed by atoms with E-state index < -0.39 is 0 Å². The van der Waals surface area contributed by atoms with Crippen LogP contribution in [0.5, 0.6) is 0 Å². The Balaban J connectivity index is 0.945. The number of pyridine rings is 2. The van der Waals surface area contributed by atoms with Crippen molar-refractivity contribution in [3.05, 3.63) is 173 Å². The van der Waals surface area contributed by atoms with E-state index in [1.165, 1.54) is 93.7 Å². The van der Waals surface area contributed by atoms with Gasteiger partial charge in [-0.2, -0.15) is 0 Å². The molecule has 7 aromatic rings. The molecule has 0 amide bonds. The molecule has 5 aliphatic rings. The Morgan fingerprint density at radius 3 is 2.32 bits per heavy atom. The van der Waals surface area contributed by atoms with Crippen molar-refractivity contribution in [2.45, 2.75) is 44.6 Å². The quantitative estimate of drug-likeness (QED) is 0.171. The number of aryl methyl sites for hydroxylation is 1. The first-order valence-corrected chi connectivity index (χ1v) is 20.2. The van der Waals surface area contributed by atoms with Crippen molar-refractivity contribution in [3.8, 4) is 33.5 Å². The minimum absolute atomic E-state index is 0.0478. The van der Waals surface area contributed by atoms with Crippen molar-refractivity contribution >= 4 is 56.4 Å². The van der Waals surface area contributed by atoms with Crippen LogP contribution < -0.4 is 0 Å². The van der Waals surface area contributed by atoms with Crippen molar-refractivity contribution in [1.29, 1.82) is 0 Å². The zero-order valence-corrected chi connectivity index (χ0v) is 31.2. The lowest BCUT2D eigenvalue weighted by molar-refractivity contribution is 0.594. The third-order valence-corrected chi connectivity index (χ3v) is 12.9. The van der Waals surface area contributed by atoms with Crippen LogP contribution in [0, 0.1) is 5.92 Å². The van der Waals surface area contributed by atoms with Crippen LogP contribution in [0.4, 0.5) is 0 Å². The Hall–Kier alpha value is -6.45. The second kappa shape index (κ2) is 12.5. The summed E-state index contributed by atoms with van der Waals surface area (Å²) in [6.45, 7) is 0. The van der Waals surface area contributed by atoms with E-state index in [1.54, 1.807) is 0 Å². The highest BCUT2D eigenvalue weighted by atomic mass is 14.9. The number of aromatic nitrogens is 2. The number of hydrogen-bond acceptors (Lipinski definition) is 3. The highest BCUT2D eigenvalue weighted by Crippen LogP contribution is 2.46. The number of aliphatic imine (C=N–C) groups is 1. The second-order valence-corrected chi connectivity index (χ2v) is 15.9. The lowest BCUT2D eigenvalue weighted by atomic mass is 9.78. The number of para-hydroxylation sites is 1. The van der Waals surface area contributed by atoms with Gasteiger partial charge < -0.3 is 0 Å². The Labute approximate surface area is 326 Å². The molecule has 0 spiro atoms. The van der Waals surface area contributed by atoms with Gasteiger partial charge in [0.15, 0.2) is 0 Å². The molecule has 0 N–H and O–H groups in total.